The molecule has 6 rings (SSSR count). The molecule has 2 aromatic carbocycles. The maximum Gasteiger partial charge on any atom is 0.254 e. The summed E-state index contributed by atoms with van der Waals surface area (Å²) in [4.78, 5) is 35.7. The zero-order valence-corrected chi connectivity index (χ0v) is 23.7. The molecule has 5 aromatic rings. The average molecular weight is 584 g/mol. The summed E-state index contributed by atoms with van der Waals surface area (Å²) in [5, 5.41) is 8.60. The van der Waals surface area contributed by atoms with Gasteiger partial charge in [-0.1, -0.05) is 48.8 Å². The average Bonchev–Trinajstić information content (AvgIpc) is 3.49. The lowest BCUT2D eigenvalue weighted by Crippen LogP contribution is -2.21. The quantitative estimate of drug-likeness (QED) is 0.231. The number of primary amides is 1. The molecule has 0 spiro atoms. The maximum atomic E-state index is 13.5. The Labute approximate surface area is 246 Å². The number of benzene rings is 2. The Morgan fingerprint density at radius 2 is 1.88 bits per heavy atom. The van der Waals surface area contributed by atoms with Crippen molar-refractivity contribution in [3.05, 3.63) is 111 Å². The second kappa shape index (κ2) is 11.0. The van der Waals surface area contributed by atoms with Crippen LogP contribution in [0.15, 0.2) is 65.3 Å². The van der Waals surface area contributed by atoms with Crippen molar-refractivity contribution in [3.8, 4) is 11.1 Å². The van der Waals surface area contributed by atoms with E-state index in [1.165, 1.54) is 12.1 Å². The molecule has 3 N–H and O–H groups in total. The number of hydrogen-bond acceptors (Lipinski definition) is 6. The number of rotatable bonds is 8. The van der Waals surface area contributed by atoms with Crippen LogP contribution in [0.25, 0.3) is 22.1 Å². The van der Waals surface area contributed by atoms with Crippen molar-refractivity contribution in [2.45, 2.75) is 39.2 Å². The third-order valence-corrected chi connectivity index (χ3v) is 7.56. The van der Waals surface area contributed by atoms with Gasteiger partial charge in [0, 0.05) is 29.3 Å². The summed E-state index contributed by atoms with van der Waals surface area (Å²) in [6, 6.07) is 14.7. The highest BCUT2D eigenvalue weighted by Gasteiger charge is 2.37. The van der Waals surface area contributed by atoms with Crippen molar-refractivity contribution in [2.75, 3.05) is 0 Å². The number of halogens is 2. The molecule has 1 aliphatic rings. The number of carbonyl (C=O) groups excluding carboxylic acids is 2. The molecule has 0 aliphatic carbocycles. The monoisotopic (exact) mass is 583 g/mol. The summed E-state index contributed by atoms with van der Waals surface area (Å²) >= 11 is 5.97. The highest BCUT2D eigenvalue weighted by Crippen LogP contribution is 2.39. The predicted molar refractivity (Wildman–Crippen MR) is 157 cm³/mol. The van der Waals surface area contributed by atoms with Crippen LogP contribution in [0.1, 0.15) is 68.9 Å². The lowest BCUT2D eigenvalue weighted by atomic mass is 9.88. The molecular formula is C32H27ClFN5O3. The fraction of sp³-hybridized carbons (Fsp3) is 0.219. The molecule has 10 heteroatoms. The van der Waals surface area contributed by atoms with E-state index in [4.69, 9.17) is 26.8 Å². The fourth-order valence-corrected chi connectivity index (χ4v) is 5.59. The second-order valence-corrected chi connectivity index (χ2v) is 11.3. The minimum absolute atomic E-state index is 0.169. The standard InChI is InChI=1S/C32H27ClFN5O3/c1-16(2)11-24-28(31(35)40)27(29-30(37-24)25(38-32(29)41)12-17-3-7-20(34)8-4-17)18-5-10-22-23(39-42-26(22)13-18)14-21-9-6-19(33)15-36-21/h3-10,13,15-16,25H,11-12,14H2,1-2H3,(H2,35,40)(H,38,41). The Balaban J connectivity index is 1.48. The van der Waals surface area contributed by atoms with Crippen LogP contribution in [0.3, 0.4) is 0 Å². The lowest BCUT2D eigenvalue weighted by molar-refractivity contribution is 0.0956. The van der Waals surface area contributed by atoms with Gasteiger partial charge in [-0.2, -0.15) is 0 Å². The zero-order chi connectivity index (χ0) is 29.5. The molecule has 0 saturated carbocycles. The van der Waals surface area contributed by atoms with Crippen LogP contribution in [0, 0.1) is 11.7 Å². The molecule has 0 radical (unpaired) electrons. The van der Waals surface area contributed by atoms with Gasteiger partial charge in [-0.05, 0) is 66.3 Å². The number of nitrogens with zero attached hydrogens (tertiary/aromatic N) is 3. The molecule has 1 atom stereocenters. The van der Waals surface area contributed by atoms with Crippen LogP contribution >= 0.6 is 11.6 Å². The first kappa shape index (κ1) is 27.5. The van der Waals surface area contributed by atoms with Crippen molar-refractivity contribution in [1.29, 1.82) is 0 Å². The lowest BCUT2D eigenvalue weighted by Gasteiger charge is -2.18. The number of amides is 2. The van der Waals surface area contributed by atoms with Crippen molar-refractivity contribution >= 4 is 34.4 Å². The SMILES string of the molecule is CC(C)Cc1nc2c(c(-c3ccc4c(Cc5ccc(Cl)cn5)noc4c3)c1C(N)=O)C(=O)NC2Cc1ccc(F)cc1. The molecule has 0 fully saturated rings. The summed E-state index contributed by atoms with van der Waals surface area (Å²) in [5.74, 6) is -1.19. The van der Waals surface area contributed by atoms with E-state index in [0.29, 0.717) is 63.6 Å². The third kappa shape index (κ3) is 5.23. The third-order valence-electron chi connectivity index (χ3n) is 7.34. The van der Waals surface area contributed by atoms with E-state index in [0.717, 1.165) is 16.6 Å². The molecule has 212 valence electrons. The van der Waals surface area contributed by atoms with Crippen LogP contribution in [0.2, 0.25) is 5.02 Å². The summed E-state index contributed by atoms with van der Waals surface area (Å²) < 4.78 is 19.2. The van der Waals surface area contributed by atoms with E-state index in [-0.39, 0.29) is 23.2 Å². The van der Waals surface area contributed by atoms with Crippen molar-refractivity contribution < 1.29 is 18.5 Å². The number of nitrogens with one attached hydrogen (secondary N) is 1. The number of hydrogen-bond donors (Lipinski definition) is 2. The number of aromatic nitrogens is 3. The maximum absolute atomic E-state index is 13.5. The minimum atomic E-state index is -0.669. The Hall–Kier alpha value is -4.63. The van der Waals surface area contributed by atoms with Crippen molar-refractivity contribution in [2.24, 2.45) is 11.7 Å². The van der Waals surface area contributed by atoms with Gasteiger partial charge in [-0.25, -0.2) is 4.39 Å². The molecule has 1 unspecified atom stereocenters. The van der Waals surface area contributed by atoms with E-state index in [2.05, 4.69) is 15.5 Å². The fourth-order valence-electron chi connectivity index (χ4n) is 5.48. The van der Waals surface area contributed by atoms with Crippen LogP contribution < -0.4 is 11.1 Å². The van der Waals surface area contributed by atoms with E-state index in [1.54, 1.807) is 30.5 Å². The van der Waals surface area contributed by atoms with E-state index in [9.17, 15) is 14.0 Å². The largest absolute Gasteiger partial charge is 0.366 e. The zero-order valence-electron chi connectivity index (χ0n) is 22.9. The number of carbonyl (C=O) groups is 2. The van der Waals surface area contributed by atoms with Crippen LogP contribution in [0.4, 0.5) is 4.39 Å². The molecule has 8 nitrogen and oxygen atoms in total. The number of pyridine rings is 2. The van der Waals surface area contributed by atoms with Gasteiger partial charge in [0.15, 0.2) is 5.58 Å². The Morgan fingerprint density at radius 3 is 2.57 bits per heavy atom. The predicted octanol–water partition coefficient (Wildman–Crippen LogP) is 5.99. The minimum Gasteiger partial charge on any atom is -0.366 e. The van der Waals surface area contributed by atoms with E-state index >= 15 is 0 Å². The van der Waals surface area contributed by atoms with E-state index < -0.39 is 11.9 Å². The first-order valence-electron chi connectivity index (χ1n) is 13.6. The van der Waals surface area contributed by atoms with Gasteiger partial charge in [0.1, 0.15) is 5.82 Å². The molecule has 1 aliphatic heterocycles. The highest BCUT2D eigenvalue weighted by molar-refractivity contribution is 6.30. The second-order valence-electron chi connectivity index (χ2n) is 10.9. The van der Waals surface area contributed by atoms with Gasteiger partial charge in [-0.15, -0.1) is 0 Å². The van der Waals surface area contributed by atoms with E-state index in [1.807, 2.05) is 32.0 Å². The smallest absolute Gasteiger partial charge is 0.254 e. The van der Waals surface area contributed by atoms with Crippen LogP contribution in [0.5, 0.6) is 0 Å². The molecule has 4 heterocycles. The first-order chi connectivity index (χ1) is 20.2. The molecule has 42 heavy (non-hydrogen) atoms. The van der Waals surface area contributed by atoms with Crippen molar-refractivity contribution in [3.63, 3.8) is 0 Å². The van der Waals surface area contributed by atoms with Crippen LogP contribution in [-0.2, 0) is 19.3 Å². The number of nitrogens with two attached hydrogens (primary N) is 1. The van der Waals surface area contributed by atoms with Gasteiger partial charge < -0.3 is 15.6 Å². The summed E-state index contributed by atoms with van der Waals surface area (Å²) in [6.45, 7) is 4.05. The summed E-state index contributed by atoms with van der Waals surface area (Å²) in [5.41, 5.74) is 11.3. The van der Waals surface area contributed by atoms with Gasteiger partial charge >= 0.3 is 0 Å². The first-order valence-corrected chi connectivity index (χ1v) is 14.0. The van der Waals surface area contributed by atoms with Gasteiger partial charge in [-0.3, -0.25) is 19.6 Å². The topological polar surface area (TPSA) is 124 Å². The van der Waals surface area contributed by atoms with Crippen LogP contribution in [-0.4, -0.2) is 26.9 Å². The summed E-state index contributed by atoms with van der Waals surface area (Å²) in [7, 11) is 0. The molecule has 2 amide bonds. The van der Waals surface area contributed by atoms with Gasteiger partial charge in [0.05, 0.1) is 39.3 Å². The Morgan fingerprint density at radius 1 is 1.10 bits per heavy atom. The van der Waals surface area contributed by atoms with Crippen molar-refractivity contribution in [1.82, 2.24) is 20.4 Å². The molecule has 0 bridgehead atoms. The normalized spacial score (nSPS) is 14.4. The molecule has 3 aromatic heterocycles. The molecule has 0 saturated heterocycles. The molecular weight excluding hydrogens is 557 g/mol. The number of fused-ring (bicyclic) bond motifs is 2. The Kier molecular flexibility index (Phi) is 7.20. The Bertz CT molecular complexity index is 1830. The summed E-state index contributed by atoms with van der Waals surface area (Å²) in [6.07, 6.45) is 2.91. The van der Waals surface area contributed by atoms with Gasteiger partial charge in [0.2, 0.25) is 0 Å². The highest BCUT2D eigenvalue weighted by atomic mass is 35.5. The van der Waals surface area contributed by atoms with Gasteiger partial charge in [0.25, 0.3) is 11.8 Å².